The number of benzene rings is 2. The summed E-state index contributed by atoms with van der Waals surface area (Å²) in [5, 5.41) is 2.79. The topological polar surface area (TPSA) is 75.3 Å². The van der Waals surface area contributed by atoms with Crippen LogP contribution in [-0.2, 0) is 14.8 Å². The first kappa shape index (κ1) is 17.4. The molecule has 5 nitrogen and oxygen atoms in total. The van der Waals surface area contributed by atoms with Crippen molar-refractivity contribution in [3.8, 4) is 0 Å². The van der Waals surface area contributed by atoms with E-state index in [9.17, 15) is 13.2 Å². The Kier molecular flexibility index (Phi) is 6.06. The molecular formula is C16H18N2O3S2. The Bertz CT molecular complexity index is 745. The number of carbonyl (C=O) groups is 1. The van der Waals surface area contributed by atoms with Gasteiger partial charge in [0.25, 0.3) is 0 Å². The maximum Gasteiger partial charge on any atom is 0.229 e. The third-order valence-corrected chi connectivity index (χ3v) is 4.43. The van der Waals surface area contributed by atoms with E-state index in [0.29, 0.717) is 23.5 Å². The highest BCUT2D eigenvalue weighted by Gasteiger charge is 2.05. The highest BCUT2D eigenvalue weighted by molar-refractivity contribution is 7.99. The molecule has 23 heavy (non-hydrogen) atoms. The van der Waals surface area contributed by atoms with Crippen LogP contribution in [0.25, 0.3) is 0 Å². The maximum atomic E-state index is 11.9. The molecule has 0 aromatic heterocycles. The summed E-state index contributed by atoms with van der Waals surface area (Å²) in [7, 11) is -3.29. The molecule has 0 aliphatic carbocycles. The summed E-state index contributed by atoms with van der Waals surface area (Å²) in [4.78, 5) is 13.0. The van der Waals surface area contributed by atoms with Gasteiger partial charge in [0.2, 0.25) is 15.9 Å². The van der Waals surface area contributed by atoms with Gasteiger partial charge in [0.05, 0.1) is 6.26 Å². The van der Waals surface area contributed by atoms with Gasteiger partial charge in [-0.2, -0.15) is 0 Å². The van der Waals surface area contributed by atoms with Crippen LogP contribution in [0.3, 0.4) is 0 Å². The van der Waals surface area contributed by atoms with Gasteiger partial charge in [0, 0.05) is 28.4 Å². The molecule has 0 saturated heterocycles. The second-order valence-electron chi connectivity index (χ2n) is 4.91. The van der Waals surface area contributed by atoms with E-state index in [1.54, 1.807) is 36.0 Å². The van der Waals surface area contributed by atoms with Gasteiger partial charge in [-0.1, -0.05) is 18.2 Å². The van der Waals surface area contributed by atoms with E-state index in [0.717, 1.165) is 11.2 Å². The Morgan fingerprint density at radius 1 is 1.00 bits per heavy atom. The molecule has 7 heteroatoms. The number of rotatable bonds is 7. The van der Waals surface area contributed by atoms with Crippen molar-refractivity contribution in [2.24, 2.45) is 0 Å². The summed E-state index contributed by atoms with van der Waals surface area (Å²) in [6, 6.07) is 16.4. The number of nitrogens with one attached hydrogen (secondary N) is 2. The molecule has 0 unspecified atom stereocenters. The highest BCUT2D eigenvalue weighted by Crippen LogP contribution is 2.19. The normalized spacial score (nSPS) is 11.0. The summed E-state index contributed by atoms with van der Waals surface area (Å²) in [6.45, 7) is 0. The van der Waals surface area contributed by atoms with Crippen molar-refractivity contribution in [1.82, 2.24) is 0 Å². The van der Waals surface area contributed by atoms with Gasteiger partial charge in [0.15, 0.2) is 0 Å². The molecule has 0 spiro atoms. The van der Waals surface area contributed by atoms with E-state index >= 15 is 0 Å². The van der Waals surface area contributed by atoms with Gasteiger partial charge in [0.1, 0.15) is 0 Å². The fraction of sp³-hybridized carbons (Fsp3) is 0.188. The molecule has 2 N–H and O–H groups in total. The van der Waals surface area contributed by atoms with Crippen molar-refractivity contribution in [3.63, 3.8) is 0 Å². The van der Waals surface area contributed by atoms with E-state index in [1.165, 1.54) is 0 Å². The molecule has 0 bridgehead atoms. The van der Waals surface area contributed by atoms with Crippen molar-refractivity contribution in [2.45, 2.75) is 11.3 Å². The first-order valence-electron chi connectivity index (χ1n) is 6.98. The van der Waals surface area contributed by atoms with Crippen LogP contribution in [-0.4, -0.2) is 26.3 Å². The second kappa shape index (κ2) is 8.03. The number of thioether (sulfide) groups is 1. The van der Waals surface area contributed by atoms with Crippen LogP contribution >= 0.6 is 11.8 Å². The molecule has 2 aromatic rings. The van der Waals surface area contributed by atoms with Gasteiger partial charge >= 0.3 is 0 Å². The molecule has 2 rings (SSSR count). The largest absolute Gasteiger partial charge is 0.326 e. The van der Waals surface area contributed by atoms with Crippen LogP contribution in [0, 0.1) is 0 Å². The summed E-state index contributed by atoms with van der Waals surface area (Å²) in [5.41, 5.74) is 1.10. The number of sulfonamides is 1. The van der Waals surface area contributed by atoms with Crippen molar-refractivity contribution in [2.75, 3.05) is 22.0 Å². The number of hydrogen-bond donors (Lipinski definition) is 2. The van der Waals surface area contributed by atoms with Gasteiger partial charge < -0.3 is 5.32 Å². The highest BCUT2D eigenvalue weighted by atomic mass is 32.2. The molecule has 0 aliphatic heterocycles. The lowest BCUT2D eigenvalue weighted by molar-refractivity contribution is -0.115. The molecule has 0 atom stereocenters. The number of amides is 1. The number of hydrogen-bond acceptors (Lipinski definition) is 4. The van der Waals surface area contributed by atoms with E-state index in [2.05, 4.69) is 10.0 Å². The SMILES string of the molecule is CS(=O)(=O)Nc1ccc(NC(=O)CCSc2ccccc2)cc1. The lowest BCUT2D eigenvalue weighted by Gasteiger charge is -2.07. The third-order valence-electron chi connectivity index (χ3n) is 2.81. The zero-order chi connectivity index (χ0) is 16.7. The standard InChI is InChI=1S/C16H18N2O3S2/c1-23(20,21)18-14-9-7-13(8-10-14)17-16(19)11-12-22-15-5-3-2-4-6-15/h2-10,18H,11-12H2,1H3,(H,17,19). The Morgan fingerprint density at radius 2 is 1.61 bits per heavy atom. The summed E-state index contributed by atoms with van der Waals surface area (Å²) in [5.74, 6) is 0.626. The predicted molar refractivity (Wildman–Crippen MR) is 95.3 cm³/mol. The van der Waals surface area contributed by atoms with Crippen molar-refractivity contribution in [1.29, 1.82) is 0 Å². The molecule has 0 heterocycles. The molecular weight excluding hydrogens is 332 g/mol. The Balaban J connectivity index is 1.79. The van der Waals surface area contributed by atoms with Crippen molar-refractivity contribution in [3.05, 3.63) is 54.6 Å². The maximum absolute atomic E-state index is 11.9. The van der Waals surface area contributed by atoms with Gasteiger partial charge in [-0.25, -0.2) is 8.42 Å². The van der Waals surface area contributed by atoms with Crippen molar-refractivity contribution < 1.29 is 13.2 Å². The van der Waals surface area contributed by atoms with Crippen molar-refractivity contribution >= 4 is 39.1 Å². The van der Waals surface area contributed by atoms with Crippen LogP contribution in [0.2, 0.25) is 0 Å². The van der Waals surface area contributed by atoms with E-state index in [-0.39, 0.29) is 5.91 Å². The number of carbonyl (C=O) groups excluding carboxylic acids is 1. The first-order chi connectivity index (χ1) is 10.9. The van der Waals surface area contributed by atoms with E-state index < -0.39 is 10.0 Å². The van der Waals surface area contributed by atoms with Gasteiger partial charge in [-0.15, -0.1) is 11.8 Å². The minimum Gasteiger partial charge on any atom is -0.326 e. The first-order valence-corrected chi connectivity index (χ1v) is 9.86. The molecule has 1 amide bonds. The van der Waals surface area contributed by atoms with Crippen LogP contribution < -0.4 is 10.0 Å². The lowest BCUT2D eigenvalue weighted by Crippen LogP contribution is -2.12. The van der Waals surface area contributed by atoms with E-state index in [4.69, 9.17) is 0 Å². The number of anilines is 2. The van der Waals surface area contributed by atoms with E-state index in [1.807, 2.05) is 30.3 Å². The van der Waals surface area contributed by atoms with Crippen LogP contribution in [0.4, 0.5) is 11.4 Å². The average Bonchev–Trinajstić information content (AvgIpc) is 2.49. The van der Waals surface area contributed by atoms with Gasteiger partial charge in [-0.05, 0) is 36.4 Å². The molecule has 2 aromatic carbocycles. The average molecular weight is 350 g/mol. The summed E-state index contributed by atoms with van der Waals surface area (Å²) >= 11 is 1.63. The fourth-order valence-electron chi connectivity index (χ4n) is 1.84. The summed E-state index contributed by atoms with van der Waals surface area (Å²) < 4.78 is 24.6. The monoisotopic (exact) mass is 350 g/mol. The zero-order valence-electron chi connectivity index (χ0n) is 12.7. The lowest BCUT2D eigenvalue weighted by atomic mass is 10.3. The Hall–Kier alpha value is -1.99. The molecule has 0 aliphatic rings. The smallest absolute Gasteiger partial charge is 0.229 e. The van der Waals surface area contributed by atoms with Crippen LogP contribution in [0.1, 0.15) is 6.42 Å². The Labute approximate surface area is 140 Å². The fourth-order valence-corrected chi connectivity index (χ4v) is 3.27. The Morgan fingerprint density at radius 3 is 2.22 bits per heavy atom. The quantitative estimate of drug-likeness (QED) is 0.752. The summed E-state index contributed by atoms with van der Waals surface area (Å²) in [6.07, 6.45) is 1.50. The molecule has 0 fully saturated rings. The molecule has 0 radical (unpaired) electrons. The molecule has 122 valence electrons. The third kappa shape index (κ3) is 6.75. The van der Waals surface area contributed by atoms with Gasteiger partial charge in [-0.3, -0.25) is 9.52 Å². The minimum absolute atomic E-state index is 0.0720. The zero-order valence-corrected chi connectivity index (χ0v) is 14.3. The minimum atomic E-state index is -3.29. The molecule has 0 saturated carbocycles. The van der Waals surface area contributed by atoms with Crippen LogP contribution in [0.15, 0.2) is 59.5 Å². The van der Waals surface area contributed by atoms with Crippen LogP contribution in [0.5, 0.6) is 0 Å². The second-order valence-corrected chi connectivity index (χ2v) is 7.83. The predicted octanol–water partition coefficient (Wildman–Crippen LogP) is 3.18.